The Morgan fingerprint density at radius 2 is 1.53 bits per heavy atom. The topological polar surface area (TPSA) is 96.6 Å². The van der Waals surface area contributed by atoms with Crippen LogP contribution in [-0.4, -0.2) is 45.7 Å². The van der Waals surface area contributed by atoms with Gasteiger partial charge in [0.25, 0.3) is 0 Å². The van der Waals surface area contributed by atoms with E-state index in [-0.39, 0.29) is 33.8 Å². The average Bonchev–Trinajstić information content (AvgIpc) is 2.61. The maximum Gasteiger partial charge on any atom is 0.190 e. The van der Waals surface area contributed by atoms with Crippen LogP contribution in [0.15, 0.2) is 17.0 Å². The zero-order chi connectivity index (χ0) is 23.2. The molecule has 0 radical (unpaired) electrons. The Hall–Kier alpha value is -1.88. The molecule has 0 unspecified atom stereocenters. The first-order valence-electron chi connectivity index (χ1n) is 10.1. The van der Waals surface area contributed by atoms with Crippen molar-refractivity contribution in [3.63, 3.8) is 0 Å². The molecule has 1 N–H and O–H groups in total. The van der Waals surface area contributed by atoms with E-state index < -0.39 is 9.84 Å². The van der Waals surface area contributed by atoms with Crippen molar-refractivity contribution in [2.24, 2.45) is 0 Å². The van der Waals surface area contributed by atoms with Crippen molar-refractivity contribution in [2.75, 3.05) is 32.2 Å². The van der Waals surface area contributed by atoms with E-state index in [0.29, 0.717) is 36.5 Å². The van der Waals surface area contributed by atoms with E-state index in [1.807, 2.05) is 54.5 Å². The summed E-state index contributed by atoms with van der Waals surface area (Å²) in [6.07, 6.45) is 1.37. The van der Waals surface area contributed by atoms with Gasteiger partial charge in [0.15, 0.2) is 9.84 Å². The fourth-order valence-corrected chi connectivity index (χ4v) is 3.88. The molecule has 30 heavy (non-hydrogen) atoms. The number of nitriles is 1. The van der Waals surface area contributed by atoms with Crippen LogP contribution in [0.4, 0.5) is 0 Å². The minimum Gasteiger partial charge on any atom is -0.507 e. The van der Waals surface area contributed by atoms with E-state index in [4.69, 9.17) is 9.47 Å². The van der Waals surface area contributed by atoms with Crippen molar-refractivity contribution in [2.45, 2.75) is 59.3 Å². The second kappa shape index (κ2) is 10.4. The first-order valence-corrected chi connectivity index (χ1v) is 11.8. The number of nitrogens with zero attached hydrogens (tertiary/aromatic N) is 1. The van der Waals surface area contributed by atoms with E-state index in [1.165, 1.54) is 6.08 Å². The molecule has 0 spiro atoms. The molecule has 1 aromatic rings. The summed E-state index contributed by atoms with van der Waals surface area (Å²) in [7, 11) is -3.80. The van der Waals surface area contributed by atoms with Gasteiger partial charge in [0.1, 0.15) is 16.7 Å². The van der Waals surface area contributed by atoms with Crippen LogP contribution >= 0.6 is 0 Å². The predicted molar refractivity (Wildman–Crippen MR) is 120 cm³/mol. The number of allylic oxidation sites excluding steroid dienone is 1. The Morgan fingerprint density at radius 1 is 1.03 bits per heavy atom. The molecule has 1 rings (SSSR count). The number of rotatable bonds is 9. The second-order valence-corrected chi connectivity index (χ2v) is 11.3. The molecule has 0 aliphatic carbocycles. The second-order valence-electron chi connectivity index (χ2n) is 9.21. The van der Waals surface area contributed by atoms with Crippen LogP contribution in [0.5, 0.6) is 5.75 Å². The van der Waals surface area contributed by atoms with Gasteiger partial charge in [-0.3, -0.25) is 0 Å². The number of hydrogen-bond acceptors (Lipinski definition) is 6. The lowest BCUT2D eigenvalue weighted by Gasteiger charge is -2.28. The van der Waals surface area contributed by atoms with Gasteiger partial charge in [0, 0.05) is 17.7 Å². The molecule has 168 valence electrons. The number of ether oxygens (including phenoxy) is 2. The fourth-order valence-electron chi connectivity index (χ4n) is 2.87. The number of aromatic hydroxyl groups is 1. The fraction of sp³-hybridized carbons (Fsp3) is 0.609. The van der Waals surface area contributed by atoms with Crippen LogP contribution in [0.1, 0.15) is 65.2 Å². The van der Waals surface area contributed by atoms with Crippen LogP contribution in [0, 0.1) is 11.3 Å². The molecule has 0 heterocycles. The van der Waals surface area contributed by atoms with Gasteiger partial charge in [-0.1, -0.05) is 41.5 Å². The maximum absolute atomic E-state index is 12.6. The van der Waals surface area contributed by atoms with Gasteiger partial charge < -0.3 is 14.6 Å². The average molecular weight is 438 g/mol. The predicted octanol–water partition coefficient (Wildman–Crippen LogP) is 4.32. The standard InChI is InChI=1S/C23H35NO5S/c1-8-28-9-10-29-11-12-30(26,27)18(16-24)13-17-14-19(22(2,3)4)21(25)20(15-17)23(5,6)7/h13-15,25H,8-12H2,1-7H3. The molecule has 6 nitrogen and oxygen atoms in total. The number of sulfone groups is 1. The summed E-state index contributed by atoms with van der Waals surface area (Å²) in [6.45, 7) is 15.0. The van der Waals surface area contributed by atoms with Gasteiger partial charge in [-0.2, -0.15) is 5.26 Å². The van der Waals surface area contributed by atoms with E-state index in [2.05, 4.69) is 0 Å². The highest BCUT2D eigenvalue weighted by Gasteiger charge is 2.27. The summed E-state index contributed by atoms with van der Waals surface area (Å²) in [5.41, 5.74) is 1.27. The Bertz CT molecular complexity index is 862. The zero-order valence-corrected chi connectivity index (χ0v) is 20.0. The van der Waals surface area contributed by atoms with Crippen molar-refractivity contribution in [1.29, 1.82) is 5.26 Å². The molecule has 0 aliphatic rings. The van der Waals surface area contributed by atoms with Crippen molar-refractivity contribution in [1.82, 2.24) is 0 Å². The molecule has 0 aromatic heterocycles. The molecule has 0 amide bonds. The molecule has 0 atom stereocenters. The normalized spacial score (nSPS) is 13.3. The molecule has 0 aliphatic heterocycles. The van der Waals surface area contributed by atoms with Crippen LogP contribution in [0.2, 0.25) is 0 Å². The van der Waals surface area contributed by atoms with Crippen LogP contribution in [0.3, 0.4) is 0 Å². The summed E-state index contributed by atoms with van der Waals surface area (Å²) in [5, 5.41) is 20.3. The summed E-state index contributed by atoms with van der Waals surface area (Å²) in [6, 6.07) is 5.31. The largest absolute Gasteiger partial charge is 0.507 e. The van der Waals surface area contributed by atoms with E-state index in [9.17, 15) is 18.8 Å². The molecular weight excluding hydrogens is 402 g/mol. The molecule has 0 saturated carbocycles. The van der Waals surface area contributed by atoms with Crippen LogP contribution in [-0.2, 0) is 30.1 Å². The molecule has 0 saturated heterocycles. The number of hydrogen-bond donors (Lipinski definition) is 1. The zero-order valence-electron chi connectivity index (χ0n) is 19.2. The lowest BCUT2D eigenvalue weighted by atomic mass is 9.78. The Kier molecular flexibility index (Phi) is 9.09. The molecule has 7 heteroatoms. The first-order chi connectivity index (χ1) is 13.7. The lowest BCUT2D eigenvalue weighted by molar-refractivity contribution is 0.0591. The SMILES string of the molecule is CCOCCOCCS(=O)(=O)C(C#N)=Cc1cc(C(C)(C)C)c(O)c(C(C)(C)C)c1. The number of benzene rings is 1. The van der Waals surface area contributed by atoms with Gasteiger partial charge in [0.2, 0.25) is 0 Å². The molecule has 0 fully saturated rings. The lowest BCUT2D eigenvalue weighted by Crippen LogP contribution is -2.18. The van der Waals surface area contributed by atoms with E-state index >= 15 is 0 Å². The highest BCUT2D eigenvalue weighted by atomic mass is 32.2. The van der Waals surface area contributed by atoms with Gasteiger partial charge in [-0.15, -0.1) is 0 Å². The molecular formula is C23H35NO5S. The van der Waals surface area contributed by atoms with E-state index in [1.54, 1.807) is 12.1 Å². The first kappa shape index (κ1) is 26.2. The summed E-state index contributed by atoms with van der Waals surface area (Å²) in [5.74, 6) is -0.0781. The minimum atomic E-state index is -3.80. The smallest absolute Gasteiger partial charge is 0.190 e. The Labute approximate surface area is 181 Å². The highest BCUT2D eigenvalue weighted by Crippen LogP contribution is 2.40. The van der Waals surface area contributed by atoms with Crippen molar-refractivity contribution < 1.29 is 23.0 Å². The third kappa shape index (κ3) is 7.42. The van der Waals surface area contributed by atoms with Gasteiger partial charge >= 0.3 is 0 Å². The van der Waals surface area contributed by atoms with Gasteiger partial charge in [-0.05, 0) is 41.5 Å². The van der Waals surface area contributed by atoms with Crippen LogP contribution in [0.25, 0.3) is 6.08 Å². The van der Waals surface area contributed by atoms with Gasteiger partial charge in [-0.25, -0.2) is 8.42 Å². The van der Waals surface area contributed by atoms with Crippen molar-refractivity contribution >= 4 is 15.9 Å². The third-order valence-corrected chi connectivity index (χ3v) is 6.15. The summed E-state index contributed by atoms with van der Waals surface area (Å²) < 4.78 is 35.7. The number of phenolic OH excluding ortho intramolecular Hbond substituents is 1. The number of phenols is 1. The summed E-state index contributed by atoms with van der Waals surface area (Å²) >= 11 is 0. The monoisotopic (exact) mass is 437 g/mol. The van der Waals surface area contributed by atoms with Crippen molar-refractivity contribution in [3.8, 4) is 11.8 Å². The van der Waals surface area contributed by atoms with Crippen LogP contribution < -0.4 is 0 Å². The Balaban J connectivity index is 3.27. The van der Waals surface area contributed by atoms with Gasteiger partial charge in [0.05, 0.1) is 25.6 Å². The third-order valence-electron chi connectivity index (χ3n) is 4.56. The maximum atomic E-state index is 12.6. The quantitative estimate of drug-likeness (QED) is 0.456. The minimum absolute atomic E-state index is 0.00944. The summed E-state index contributed by atoms with van der Waals surface area (Å²) in [4.78, 5) is -0.318. The highest BCUT2D eigenvalue weighted by molar-refractivity contribution is 7.95. The molecule has 0 bridgehead atoms. The molecule has 1 aromatic carbocycles. The Morgan fingerprint density at radius 3 is 1.97 bits per heavy atom. The van der Waals surface area contributed by atoms with E-state index in [0.717, 1.165) is 0 Å². The van der Waals surface area contributed by atoms with Crippen molar-refractivity contribution in [3.05, 3.63) is 33.7 Å².